The molecule has 28 heavy (non-hydrogen) atoms. The summed E-state index contributed by atoms with van der Waals surface area (Å²) in [5, 5.41) is 7.50. The molecule has 1 aliphatic carbocycles. The highest BCUT2D eigenvalue weighted by Gasteiger charge is 2.24. The first-order valence-corrected chi connectivity index (χ1v) is 10.0. The van der Waals surface area contributed by atoms with E-state index >= 15 is 0 Å². The quantitative estimate of drug-likeness (QED) is 0.745. The first-order chi connectivity index (χ1) is 13.4. The van der Waals surface area contributed by atoms with Crippen LogP contribution in [0, 0.1) is 12.8 Å². The van der Waals surface area contributed by atoms with Crippen LogP contribution in [0.3, 0.4) is 0 Å². The van der Waals surface area contributed by atoms with Gasteiger partial charge in [0.25, 0.3) is 5.91 Å². The number of rotatable bonds is 6. The minimum absolute atomic E-state index is 0.168. The molecule has 150 valence electrons. The van der Waals surface area contributed by atoms with E-state index in [-0.39, 0.29) is 29.3 Å². The van der Waals surface area contributed by atoms with Crippen molar-refractivity contribution >= 4 is 23.5 Å². The summed E-state index contributed by atoms with van der Waals surface area (Å²) in [7, 11) is 0. The number of benzene rings is 1. The third-order valence-corrected chi connectivity index (χ3v) is 5.54. The van der Waals surface area contributed by atoms with Crippen molar-refractivity contribution in [3.63, 3.8) is 0 Å². The lowest BCUT2D eigenvalue weighted by Crippen LogP contribution is -2.39. The third kappa shape index (κ3) is 5.13. The number of nitrogens with zero attached hydrogens (tertiary/aromatic N) is 2. The predicted octanol–water partition coefficient (Wildman–Crippen LogP) is 3.74. The van der Waals surface area contributed by atoms with Gasteiger partial charge in [-0.15, -0.1) is 0 Å². The number of aromatic nitrogens is 2. The van der Waals surface area contributed by atoms with Gasteiger partial charge in [0.2, 0.25) is 0 Å². The van der Waals surface area contributed by atoms with E-state index in [2.05, 4.69) is 17.3 Å². The fraction of sp³-hybridized carbons (Fsp3) is 0.476. The molecular formula is C21H26ClN3O3. The van der Waals surface area contributed by atoms with Crippen LogP contribution in [0.1, 0.15) is 54.2 Å². The van der Waals surface area contributed by atoms with Crippen LogP contribution in [0.15, 0.2) is 30.3 Å². The van der Waals surface area contributed by atoms with Gasteiger partial charge in [-0.1, -0.05) is 48.9 Å². The van der Waals surface area contributed by atoms with Crippen LogP contribution in [-0.4, -0.2) is 34.3 Å². The molecule has 1 saturated carbocycles. The van der Waals surface area contributed by atoms with Crippen LogP contribution >= 0.6 is 11.6 Å². The molecule has 1 aromatic carbocycles. The highest BCUT2D eigenvalue weighted by molar-refractivity contribution is 6.32. The van der Waals surface area contributed by atoms with Crippen molar-refractivity contribution in [3.05, 3.63) is 52.3 Å². The highest BCUT2D eigenvalue weighted by atomic mass is 35.5. The normalized spacial score (nSPS) is 19.2. The molecule has 0 saturated heterocycles. The minimum Gasteiger partial charge on any atom is -0.452 e. The van der Waals surface area contributed by atoms with E-state index in [0.29, 0.717) is 18.2 Å². The lowest BCUT2D eigenvalue weighted by molar-refractivity contribution is -0.125. The van der Waals surface area contributed by atoms with E-state index in [4.69, 9.17) is 16.3 Å². The molecule has 0 radical (unpaired) electrons. The Labute approximate surface area is 170 Å². The minimum atomic E-state index is -0.630. The lowest BCUT2D eigenvalue weighted by atomic mass is 9.87. The summed E-state index contributed by atoms with van der Waals surface area (Å²) in [5.74, 6) is -0.198. The highest BCUT2D eigenvalue weighted by Crippen LogP contribution is 2.24. The van der Waals surface area contributed by atoms with Crippen LogP contribution in [0.2, 0.25) is 5.15 Å². The second-order valence-corrected chi connectivity index (χ2v) is 7.85. The summed E-state index contributed by atoms with van der Waals surface area (Å²) < 4.78 is 6.75. The summed E-state index contributed by atoms with van der Waals surface area (Å²) >= 11 is 6.36. The number of halogens is 1. The van der Waals surface area contributed by atoms with Gasteiger partial charge in [-0.25, -0.2) is 9.48 Å². The molecule has 1 aliphatic rings. The van der Waals surface area contributed by atoms with Gasteiger partial charge >= 0.3 is 5.97 Å². The summed E-state index contributed by atoms with van der Waals surface area (Å²) in [6.07, 6.45) is 4.16. The van der Waals surface area contributed by atoms with Crippen molar-refractivity contribution in [2.75, 3.05) is 6.61 Å². The molecule has 0 atom stereocenters. The van der Waals surface area contributed by atoms with E-state index in [1.54, 1.807) is 11.6 Å². The van der Waals surface area contributed by atoms with Crippen molar-refractivity contribution in [2.24, 2.45) is 5.92 Å². The van der Waals surface area contributed by atoms with Crippen LogP contribution in [0.4, 0.5) is 0 Å². The number of nitrogens with one attached hydrogen (secondary N) is 1. The molecule has 0 spiro atoms. The van der Waals surface area contributed by atoms with E-state index in [0.717, 1.165) is 31.2 Å². The Balaban J connectivity index is 1.56. The molecule has 3 rings (SSSR count). The molecule has 1 heterocycles. The van der Waals surface area contributed by atoms with Gasteiger partial charge in [0, 0.05) is 6.04 Å². The maximum atomic E-state index is 12.5. The Bertz CT molecular complexity index is 827. The zero-order chi connectivity index (χ0) is 20.1. The van der Waals surface area contributed by atoms with Gasteiger partial charge < -0.3 is 10.1 Å². The molecule has 7 heteroatoms. The number of carbonyl (C=O) groups excluding carboxylic acids is 2. The topological polar surface area (TPSA) is 73.2 Å². The molecule has 1 aromatic heterocycles. The Morgan fingerprint density at radius 1 is 1.21 bits per heavy atom. The van der Waals surface area contributed by atoms with Gasteiger partial charge in [0.1, 0.15) is 10.7 Å². The van der Waals surface area contributed by atoms with Gasteiger partial charge in [-0.3, -0.25) is 4.79 Å². The van der Waals surface area contributed by atoms with Crippen molar-refractivity contribution in [1.82, 2.24) is 15.1 Å². The Kier molecular flexibility index (Phi) is 6.73. The van der Waals surface area contributed by atoms with Crippen LogP contribution in [0.25, 0.3) is 0 Å². The first kappa shape index (κ1) is 20.4. The van der Waals surface area contributed by atoms with Gasteiger partial charge in [-0.05, 0) is 44.1 Å². The van der Waals surface area contributed by atoms with Gasteiger partial charge in [0.05, 0.1) is 12.2 Å². The zero-order valence-corrected chi connectivity index (χ0v) is 17.0. The number of hydrogen-bond acceptors (Lipinski definition) is 4. The van der Waals surface area contributed by atoms with Crippen LogP contribution < -0.4 is 5.32 Å². The first-order valence-electron chi connectivity index (χ1n) is 9.67. The van der Waals surface area contributed by atoms with Crippen molar-refractivity contribution in [3.8, 4) is 0 Å². The lowest BCUT2D eigenvalue weighted by Gasteiger charge is -2.26. The van der Waals surface area contributed by atoms with Crippen LogP contribution in [-0.2, 0) is 16.1 Å². The van der Waals surface area contributed by atoms with E-state index in [9.17, 15) is 9.59 Å². The van der Waals surface area contributed by atoms with Crippen molar-refractivity contribution < 1.29 is 14.3 Å². The second-order valence-electron chi connectivity index (χ2n) is 7.49. The number of hydrogen-bond donors (Lipinski definition) is 1. The van der Waals surface area contributed by atoms with E-state index in [1.165, 1.54) is 0 Å². The average molecular weight is 404 g/mol. The molecule has 1 fully saturated rings. The standard InChI is InChI=1S/C21H26ClN3O3/c1-14-8-10-17(11-9-14)23-18(26)13-28-21(27)19-15(2)24-25(20(19)22)12-16-6-4-3-5-7-16/h3-7,14,17H,8-13H2,1-2H3,(H,23,26). The average Bonchev–Trinajstić information content (AvgIpc) is 2.96. The van der Waals surface area contributed by atoms with Gasteiger partial charge in [0.15, 0.2) is 6.61 Å². The second kappa shape index (κ2) is 9.24. The summed E-state index contributed by atoms with van der Waals surface area (Å²) in [6, 6.07) is 9.88. The largest absolute Gasteiger partial charge is 0.452 e. The SMILES string of the molecule is Cc1nn(Cc2ccccc2)c(Cl)c1C(=O)OCC(=O)NC1CCC(C)CC1. The summed E-state index contributed by atoms with van der Waals surface area (Å²) in [4.78, 5) is 24.6. The predicted molar refractivity (Wildman–Crippen MR) is 107 cm³/mol. The molecule has 0 unspecified atom stereocenters. The monoisotopic (exact) mass is 403 g/mol. The maximum absolute atomic E-state index is 12.5. The summed E-state index contributed by atoms with van der Waals surface area (Å²) in [5.41, 5.74) is 1.71. The molecule has 6 nitrogen and oxygen atoms in total. The molecular weight excluding hydrogens is 378 g/mol. The molecule has 0 bridgehead atoms. The number of carbonyl (C=O) groups is 2. The fourth-order valence-corrected chi connectivity index (χ4v) is 3.83. The number of ether oxygens (including phenoxy) is 1. The number of aryl methyl sites for hydroxylation is 1. The van der Waals surface area contributed by atoms with E-state index < -0.39 is 5.97 Å². The van der Waals surface area contributed by atoms with Crippen LogP contribution in [0.5, 0.6) is 0 Å². The molecule has 2 aromatic rings. The van der Waals surface area contributed by atoms with Crippen molar-refractivity contribution in [2.45, 2.75) is 52.1 Å². The summed E-state index contributed by atoms with van der Waals surface area (Å²) in [6.45, 7) is 4.07. The smallest absolute Gasteiger partial charge is 0.343 e. The molecule has 1 N–H and O–H groups in total. The Morgan fingerprint density at radius 2 is 1.89 bits per heavy atom. The van der Waals surface area contributed by atoms with E-state index in [1.807, 2.05) is 30.3 Å². The number of amides is 1. The molecule has 0 aliphatic heterocycles. The van der Waals surface area contributed by atoms with Gasteiger partial charge in [-0.2, -0.15) is 5.10 Å². The zero-order valence-electron chi connectivity index (χ0n) is 16.3. The van der Waals surface area contributed by atoms with Crippen molar-refractivity contribution in [1.29, 1.82) is 0 Å². The number of esters is 1. The third-order valence-electron chi connectivity index (χ3n) is 5.16. The Morgan fingerprint density at radius 3 is 2.57 bits per heavy atom. The maximum Gasteiger partial charge on any atom is 0.343 e. The fourth-order valence-electron chi connectivity index (χ4n) is 3.52. The molecule has 1 amide bonds. The Hall–Kier alpha value is -2.34.